The third-order valence-electron chi connectivity index (χ3n) is 3.60. The van der Waals surface area contributed by atoms with Gasteiger partial charge in [-0.25, -0.2) is 4.79 Å². The van der Waals surface area contributed by atoms with Crippen molar-refractivity contribution in [1.82, 2.24) is 4.57 Å². The van der Waals surface area contributed by atoms with E-state index < -0.39 is 11.5 Å². The van der Waals surface area contributed by atoms with Crippen LogP contribution in [0, 0.1) is 5.92 Å². The van der Waals surface area contributed by atoms with E-state index in [1.165, 1.54) is 0 Å². The number of nitrogens with zero attached hydrogens (tertiary/aromatic N) is 1. The minimum absolute atomic E-state index is 0.660. The Labute approximate surface area is 89.7 Å². The molecule has 1 aromatic rings. The SMILES string of the molecule is C[C@H]1CC[C@@](C(=O)O)(n2cccc2)CC1. The number of hydrogen-bond donors (Lipinski definition) is 1. The highest BCUT2D eigenvalue weighted by atomic mass is 16.4. The molecular formula is C12H17NO2. The van der Waals surface area contributed by atoms with Crippen LogP contribution in [0.1, 0.15) is 32.6 Å². The zero-order valence-electron chi connectivity index (χ0n) is 9.02. The average Bonchev–Trinajstić information content (AvgIpc) is 2.72. The number of carbonyl (C=O) groups is 1. The highest BCUT2D eigenvalue weighted by Gasteiger charge is 2.42. The molecule has 1 aliphatic carbocycles. The minimum atomic E-state index is -0.689. The fourth-order valence-electron chi connectivity index (χ4n) is 2.44. The molecular weight excluding hydrogens is 190 g/mol. The van der Waals surface area contributed by atoms with E-state index >= 15 is 0 Å². The van der Waals surface area contributed by atoms with Gasteiger partial charge in [0.15, 0.2) is 0 Å². The van der Waals surface area contributed by atoms with Crippen LogP contribution >= 0.6 is 0 Å². The molecule has 1 heterocycles. The van der Waals surface area contributed by atoms with Crippen LogP contribution in [-0.2, 0) is 10.3 Å². The third kappa shape index (κ3) is 1.66. The first-order valence-electron chi connectivity index (χ1n) is 5.52. The molecule has 0 aromatic carbocycles. The van der Waals surface area contributed by atoms with Gasteiger partial charge in [0.1, 0.15) is 5.54 Å². The molecule has 0 amide bonds. The van der Waals surface area contributed by atoms with Crippen LogP contribution in [0.5, 0.6) is 0 Å². The van der Waals surface area contributed by atoms with Gasteiger partial charge in [0, 0.05) is 12.4 Å². The van der Waals surface area contributed by atoms with Gasteiger partial charge in [-0.2, -0.15) is 0 Å². The van der Waals surface area contributed by atoms with Gasteiger partial charge in [0.05, 0.1) is 0 Å². The summed E-state index contributed by atoms with van der Waals surface area (Å²) in [6.07, 6.45) is 7.24. The molecule has 1 aliphatic rings. The molecule has 3 nitrogen and oxygen atoms in total. The van der Waals surface area contributed by atoms with Crippen LogP contribution in [-0.4, -0.2) is 15.6 Å². The van der Waals surface area contributed by atoms with E-state index in [0.29, 0.717) is 5.92 Å². The van der Waals surface area contributed by atoms with Gasteiger partial charge in [-0.3, -0.25) is 0 Å². The predicted octanol–water partition coefficient (Wildman–Crippen LogP) is 2.48. The molecule has 82 valence electrons. The van der Waals surface area contributed by atoms with E-state index in [1.54, 1.807) is 0 Å². The second-order valence-electron chi connectivity index (χ2n) is 4.61. The average molecular weight is 207 g/mol. The fraction of sp³-hybridized carbons (Fsp3) is 0.583. The van der Waals surface area contributed by atoms with Crippen LogP contribution in [0.3, 0.4) is 0 Å². The molecule has 0 atom stereocenters. The highest BCUT2D eigenvalue weighted by Crippen LogP contribution is 2.37. The van der Waals surface area contributed by atoms with Crippen molar-refractivity contribution >= 4 is 5.97 Å². The molecule has 0 radical (unpaired) electrons. The lowest BCUT2D eigenvalue weighted by Crippen LogP contribution is -2.44. The first-order chi connectivity index (χ1) is 7.15. The summed E-state index contributed by atoms with van der Waals surface area (Å²) in [5.41, 5.74) is -0.685. The van der Waals surface area contributed by atoms with Gasteiger partial charge in [-0.05, 0) is 43.7 Å². The summed E-state index contributed by atoms with van der Waals surface area (Å²) in [6, 6.07) is 3.78. The van der Waals surface area contributed by atoms with Gasteiger partial charge < -0.3 is 9.67 Å². The standard InChI is InChI=1S/C12H17NO2/c1-10-4-6-12(7-5-10,11(14)15)13-8-2-3-9-13/h2-3,8-10H,4-7H2,1H3,(H,14,15)/t10-,12+. The Balaban J connectivity index is 2.30. The van der Waals surface area contributed by atoms with Crippen LogP contribution in [0.15, 0.2) is 24.5 Å². The first-order valence-corrected chi connectivity index (χ1v) is 5.52. The van der Waals surface area contributed by atoms with Gasteiger partial charge in [-0.1, -0.05) is 6.92 Å². The van der Waals surface area contributed by atoms with Crippen molar-refractivity contribution in [2.45, 2.75) is 38.1 Å². The van der Waals surface area contributed by atoms with E-state index in [9.17, 15) is 9.90 Å². The quantitative estimate of drug-likeness (QED) is 0.809. The minimum Gasteiger partial charge on any atom is -0.479 e. The summed E-state index contributed by atoms with van der Waals surface area (Å²) in [4.78, 5) is 11.5. The lowest BCUT2D eigenvalue weighted by atomic mass is 9.77. The number of carboxylic acid groups (broad SMARTS) is 1. The number of rotatable bonds is 2. The van der Waals surface area contributed by atoms with Gasteiger partial charge in [0.2, 0.25) is 0 Å². The molecule has 1 saturated carbocycles. The van der Waals surface area contributed by atoms with Crippen molar-refractivity contribution in [3.63, 3.8) is 0 Å². The Morgan fingerprint density at radius 1 is 1.33 bits per heavy atom. The van der Waals surface area contributed by atoms with Crippen LogP contribution in [0.2, 0.25) is 0 Å². The number of hydrogen-bond acceptors (Lipinski definition) is 1. The summed E-state index contributed by atoms with van der Waals surface area (Å²) in [5, 5.41) is 9.43. The molecule has 0 bridgehead atoms. The molecule has 0 aliphatic heterocycles. The topological polar surface area (TPSA) is 42.2 Å². The Morgan fingerprint density at radius 2 is 1.87 bits per heavy atom. The molecule has 15 heavy (non-hydrogen) atoms. The van der Waals surface area contributed by atoms with Gasteiger partial charge >= 0.3 is 5.97 Å². The monoisotopic (exact) mass is 207 g/mol. The van der Waals surface area contributed by atoms with E-state index in [1.807, 2.05) is 29.1 Å². The van der Waals surface area contributed by atoms with Gasteiger partial charge in [-0.15, -0.1) is 0 Å². The molecule has 3 heteroatoms. The smallest absolute Gasteiger partial charge is 0.329 e. The van der Waals surface area contributed by atoms with Crippen molar-refractivity contribution < 1.29 is 9.90 Å². The van der Waals surface area contributed by atoms with E-state index in [-0.39, 0.29) is 0 Å². The summed E-state index contributed by atoms with van der Waals surface area (Å²) < 4.78 is 1.86. The zero-order valence-corrected chi connectivity index (χ0v) is 9.02. The van der Waals surface area contributed by atoms with Crippen LogP contribution in [0.4, 0.5) is 0 Å². The second kappa shape index (κ2) is 3.72. The Morgan fingerprint density at radius 3 is 2.33 bits per heavy atom. The summed E-state index contributed by atoms with van der Waals surface area (Å²) in [7, 11) is 0. The maximum absolute atomic E-state index is 11.5. The number of aromatic nitrogens is 1. The molecule has 0 saturated heterocycles. The first kappa shape index (κ1) is 10.3. The van der Waals surface area contributed by atoms with Crippen molar-refractivity contribution in [1.29, 1.82) is 0 Å². The lowest BCUT2D eigenvalue weighted by Gasteiger charge is -2.37. The predicted molar refractivity (Wildman–Crippen MR) is 57.7 cm³/mol. The lowest BCUT2D eigenvalue weighted by molar-refractivity contribution is -0.150. The molecule has 1 N–H and O–H groups in total. The highest BCUT2D eigenvalue weighted by molar-refractivity contribution is 5.77. The molecule has 0 unspecified atom stereocenters. The van der Waals surface area contributed by atoms with Crippen LogP contribution < -0.4 is 0 Å². The Kier molecular flexibility index (Phi) is 2.55. The van der Waals surface area contributed by atoms with Gasteiger partial charge in [0.25, 0.3) is 0 Å². The summed E-state index contributed by atoms with van der Waals surface area (Å²) in [5.74, 6) is -0.0290. The maximum atomic E-state index is 11.5. The third-order valence-corrected chi connectivity index (χ3v) is 3.60. The van der Waals surface area contributed by atoms with E-state index in [4.69, 9.17) is 0 Å². The molecule has 1 aromatic heterocycles. The zero-order chi connectivity index (χ0) is 10.9. The van der Waals surface area contributed by atoms with Crippen molar-refractivity contribution in [3.8, 4) is 0 Å². The van der Waals surface area contributed by atoms with Crippen LogP contribution in [0.25, 0.3) is 0 Å². The van der Waals surface area contributed by atoms with E-state index in [0.717, 1.165) is 25.7 Å². The summed E-state index contributed by atoms with van der Waals surface area (Å²) in [6.45, 7) is 2.20. The number of aliphatic carboxylic acids is 1. The van der Waals surface area contributed by atoms with E-state index in [2.05, 4.69) is 6.92 Å². The largest absolute Gasteiger partial charge is 0.479 e. The Bertz CT molecular complexity index is 335. The summed E-state index contributed by atoms with van der Waals surface area (Å²) >= 11 is 0. The number of carboxylic acids is 1. The molecule has 0 spiro atoms. The second-order valence-corrected chi connectivity index (χ2v) is 4.61. The fourth-order valence-corrected chi connectivity index (χ4v) is 2.44. The maximum Gasteiger partial charge on any atom is 0.329 e. The Hall–Kier alpha value is -1.25. The molecule has 1 fully saturated rings. The normalized spacial score (nSPS) is 31.4. The van der Waals surface area contributed by atoms with Crippen molar-refractivity contribution in [2.24, 2.45) is 5.92 Å². The van der Waals surface area contributed by atoms with Crippen molar-refractivity contribution in [2.75, 3.05) is 0 Å². The molecule has 2 rings (SSSR count). The van der Waals surface area contributed by atoms with Crippen molar-refractivity contribution in [3.05, 3.63) is 24.5 Å².